The molecule has 1 saturated carbocycles. The van der Waals surface area contributed by atoms with Gasteiger partial charge in [-0.15, -0.1) is 24.0 Å². The van der Waals surface area contributed by atoms with Gasteiger partial charge in [0.1, 0.15) is 5.75 Å². The zero-order chi connectivity index (χ0) is 19.0. The van der Waals surface area contributed by atoms with Gasteiger partial charge in [0.05, 0.1) is 7.11 Å². The first kappa shape index (κ1) is 23.6. The summed E-state index contributed by atoms with van der Waals surface area (Å²) in [5, 5.41) is 7.10. The summed E-state index contributed by atoms with van der Waals surface area (Å²) < 4.78 is 5.44. The van der Waals surface area contributed by atoms with Gasteiger partial charge in [-0.05, 0) is 30.9 Å². The van der Waals surface area contributed by atoms with Crippen LogP contribution in [0.4, 0.5) is 0 Å². The van der Waals surface area contributed by atoms with Crippen molar-refractivity contribution in [1.82, 2.24) is 15.5 Å². The fourth-order valence-corrected chi connectivity index (χ4v) is 5.27. The van der Waals surface area contributed by atoms with Crippen LogP contribution in [0.5, 0.6) is 5.75 Å². The van der Waals surface area contributed by atoms with E-state index in [2.05, 4.69) is 44.4 Å². The van der Waals surface area contributed by atoms with Crippen LogP contribution in [0.1, 0.15) is 31.2 Å². The standard InChI is InChI=1S/C21H34N4OS.HI/c1-22-20(23-12-9-18-7-3-4-8-19(18)26-2)24-17-21(10-5-6-11-21)25-13-15-27-16-14-25;/h3-4,7-8H,5-6,9-17H2,1-2H3,(H2,22,23,24);1H. The van der Waals surface area contributed by atoms with Gasteiger partial charge in [-0.2, -0.15) is 11.8 Å². The number of nitrogens with one attached hydrogen (secondary N) is 2. The summed E-state index contributed by atoms with van der Waals surface area (Å²) in [4.78, 5) is 7.18. The van der Waals surface area contributed by atoms with E-state index >= 15 is 0 Å². The number of methoxy groups -OCH3 is 1. The molecule has 5 nitrogen and oxygen atoms in total. The molecule has 3 rings (SSSR count). The zero-order valence-electron chi connectivity index (χ0n) is 17.2. The lowest BCUT2D eigenvalue weighted by atomic mass is 9.94. The van der Waals surface area contributed by atoms with E-state index in [0.29, 0.717) is 5.54 Å². The Morgan fingerprint density at radius 2 is 1.89 bits per heavy atom. The number of guanidine groups is 1. The summed E-state index contributed by atoms with van der Waals surface area (Å²) in [5.74, 6) is 4.40. The summed E-state index contributed by atoms with van der Waals surface area (Å²) >= 11 is 2.09. The van der Waals surface area contributed by atoms with Crippen molar-refractivity contribution >= 4 is 41.7 Å². The Labute approximate surface area is 191 Å². The smallest absolute Gasteiger partial charge is 0.191 e. The summed E-state index contributed by atoms with van der Waals surface area (Å²) in [5.41, 5.74) is 1.54. The minimum Gasteiger partial charge on any atom is -0.496 e. The van der Waals surface area contributed by atoms with Crippen LogP contribution < -0.4 is 15.4 Å². The van der Waals surface area contributed by atoms with Crippen LogP contribution in [-0.4, -0.2) is 68.2 Å². The van der Waals surface area contributed by atoms with Crippen LogP contribution in [0.15, 0.2) is 29.3 Å². The Hall–Kier alpha value is -0.670. The third kappa shape index (κ3) is 6.16. The number of para-hydroxylation sites is 1. The molecule has 1 saturated heterocycles. The van der Waals surface area contributed by atoms with Crippen molar-refractivity contribution in [2.45, 2.75) is 37.6 Å². The van der Waals surface area contributed by atoms with Gasteiger partial charge in [0.2, 0.25) is 0 Å². The number of hydrogen-bond donors (Lipinski definition) is 2. The van der Waals surface area contributed by atoms with Gasteiger partial charge in [0.25, 0.3) is 0 Å². The molecule has 0 spiro atoms. The molecule has 1 heterocycles. The van der Waals surface area contributed by atoms with Gasteiger partial charge in [-0.3, -0.25) is 9.89 Å². The molecule has 0 amide bonds. The average Bonchev–Trinajstić information content (AvgIpc) is 3.21. The summed E-state index contributed by atoms with van der Waals surface area (Å²) in [6, 6.07) is 8.21. The molecule has 0 aromatic heterocycles. The van der Waals surface area contributed by atoms with E-state index in [1.165, 1.54) is 55.8 Å². The minimum absolute atomic E-state index is 0. The first-order chi connectivity index (χ1) is 13.3. The fourth-order valence-electron chi connectivity index (χ4n) is 4.37. The molecule has 2 fully saturated rings. The maximum absolute atomic E-state index is 5.44. The van der Waals surface area contributed by atoms with E-state index in [0.717, 1.165) is 31.2 Å². The van der Waals surface area contributed by atoms with E-state index in [-0.39, 0.29) is 24.0 Å². The lowest BCUT2D eigenvalue weighted by molar-refractivity contribution is 0.107. The van der Waals surface area contributed by atoms with Gasteiger partial charge >= 0.3 is 0 Å². The SMILES string of the molecule is CN=C(NCCc1ccccc1OC)NCC1(N2CCSCC2)CCCC1.I. The van der Waals surface area contributed by atoms with Gasteiger partial charge in [0.15, 0.2) is 5.96 Å². The van der Waals surface area contributed by atoms with Crippen LogP contribution >= 0.6 is 35.7 Å². The average molecular weight is 519 g/mol. The Bertz CT molecular complexity index is 616. The summed E-state index contributed by atoms with van der Waals surface area (Å²) in [6.07, 6.45) is 6.24. The largest absolute Gasteiger partial charge is 0.496 e. The van der Waals surface area contributed by atoms with Crippen LogP contribution in [0.3, 0.4) is 0 Å². The number of halogens is 1. The minimum atomic E-state index is 0. The zero-order valence-corrected chi connectivity index (χ0v) is 20.4. The summed E-state index contributed by atoms with van der Waals surface area (Å²) in [7, 11) is 3.59. The normalized spacial score (nSPS) is 19.7. The van der Waals surface area contributed by atoms with Gasteiger partial charge in [0, 0.05) is 50.3 Å². The molecular weight excluding hydrogens is 483 g/mol. The van der Waals surface area contributed by atoms with Crippen molar-refractivity contribution in [3.63, 3.8) is 0 Å². The lowest BCUT2D eigenvalue weighted by Gasteiger charge is -2.43. The molecule has 0 unspecified atom stereocenters. The molecule has 2 N–H and O–H groups in total. The first-order valence-electron chi connectivity index (χ1n) is 10.2. The Morgan fingerprint density at radius 3 is 2.57 bits per heavy atom. The number of hydrogen-bond acceptors (Lipinski definition) is 4. The van der Waals surface area contributed by atoms with E-state index in [9.17, 15) is 0 Å². The predicted octanol–water partition coefficient (Wildman–Crippen LogP) is 3.38. The Kier molecular flexibility index (Phi) is 10.2. The van der Waals surface area contributed by atoms with Crippen molar-refractivity contribution in [2.75, 3.05) is 51.8 Å². The highest BCUT2D eigenvalue weighted by Crippen LogP contribution is 2.36. The monoisotopic (exact) mass is 518 g/mol. The van der Waals surface area contributed by atoms with Crippen LogP contribution in [0.25, 0.3) is 0 Å². The first-order valence-corrected chi connectivity index (χ1v) is 11.3. The van der Waals surface area contributed by atoms with Crippen molar-refractivity contribution in [1.29, 1.82) is 0 Å². The van der Waals surface area contributed by atoms with Crippen molar-refractivity contribution in [3.8, 4) is 5.75 Å². The Morgan fingerprint density at radius 1 is 1.18 bits per heavy atom. The second-order valence-electron chi connectivity index (χ2n) is 7.45. The van der Waals surface area contributed by atoms with Crippen LogP contribution in [0, 0.1) is 0 Å². The van der Waals surface area contributed by atoms with Gasteiger partial charge in [-0.1, -0.05) is 31.0 Å². The number of aliphatic imine (C=N–C) groups is 1. The molecular formula is C21H35IN4OS. The quantitative estimate of drug-likeness (QED) is 0.330. The molecule has 0 atom stereocenters. The molecule has 7 heteroatoms. The maximum Gasteiger partial charge on any atom is 0.191 e. The van der Waals surface area contributed by atoms with Gasteiger partial charge < -0.3 is 15.4 Å². The molecule has 158 valence electrons. The number of rotatable bonds is 7. The molecule has 1 aliphatic carbocycles. The van der Waals surface area contributed by atoms with Crippen molar-refractivity contribution in [3.05, 3.63) is 29.8 Å². The number of benzene rings is 1. The van der Waals surface area contributed by atoms with E-state index in [1.54, 1.807) is 7.11 Å². The van der Waals surface area contributed by atoms with Crippen LogP contribution in [-0.2, 0) is 6.42 Å². The molecule has 2 aliphatic rings. The highest BCUT2D eigenvalue weighted by Gasteiger charge is 2.39. The van der Waals surface area contributed by atoms with Crippen molar-refractivity contribution < 1.29 is 4.74 Å². The van der Waals surface area contributed by atoms with Crippen molar-refractivity contribution in [2.24, 2.45) is 4.99 Å². The third-order valence-corrected chi connectivity index (χ3v) is 6.85. The predicted molar refractivity (Wildman–Crippen MR) is 132 cm³/mol. The van der Waals surface area contributed by atoms with E-state index in [1.807, 2.05) is 19.2 Å². The number of ether oxygens (including phenoxy) is 1. The van der Waals surface area contributed by atoms with E-state index in [4.69, 9.17) is 4.74 Å². The third-order valence-electron chi connectivity index (χ3n) is 5.90. The lowest BCUT2D eigenvalue weighted by Crippen LogP contribution is -2.57. The second-order valence-corrected chi connectivity index (χ2v) is 8.67. The summed E-state index contributed by atoms with van der Waals surface area (Å²) in [6.45, 7) is 4.29. The van der Waals surface area contributed by atoms with Crippen LogP contribution in [0.2, 0.25) is 0 Å². The van der Waals surface area contributed by atoms with E-state index < -0.39 is 0 Å². The molecule has 1 aromatic rings. The Balaban J connectivity index is 0.00000280. The molecule has 1 aromatic carbocycles. The maximum atomic E-state index is 5.44. The highest BCUT2D eigenvalue weighted by atomic mass is 127. The molecule has 0 radical (unpaired) electrons. The number of nitrogens with zero attached hydrogens (tertiary/aromatic N) is 2. The molecule has 1 aliphatic heterocycles. The molecule has 0 bridgehead atoms. The second kappa shape index (κ2) is 12.1. The topological polar surface area (TPSA) is 48.9 Å². The fraction of sp³-hybridized carbons (Fsp3) is 0.667. The number of thioether (sulfide) groups is 1. The highest BCUT2D eigenvalue weighted by molar-refractivity contribution is 14.0. The van der Waals surface area contributed by atoms with Gasteiger partial charge in [-0.25, -0.2) is 0 Å². The molecule has 28 heavy (non-hydrogen) atoms.